The first-order valence-corrected chi connectivity index (χ1v) is 6.69. The number of carbonyl (C=O) groups excluding carboxylic acids is 1. The molecule has 0 aliphatic carbocycles. The van der Waals surface area contributed by atoms with E-state index in [2.05, 4.69) is 26.3 Å². The van der Waals surface area contributed by atoms with E-state index in [4.69, 9.17) is 5.73 Å². The molecule has 0 saturated carbocycles. The van der Waals surface area contributed by atoms with Crippen molar-refractivity contribution in [1.29, 1.82) is 0 Å². The zero-order valence-electron chi connectivity index (χ0n) is 10.8. The molecule has 1 aromatic carbocycles. The number of amides is 1. The Morgan fingerprint density at radius 3 is 2.89 bits per heavy atom. The van der Waals surface area contributed by atoms with Crippen molar-refractivity contribution >= 4 is 33.2 Å². The maximum Gasteiger partial charge on any atom is 0.259 e. The predicted octanol–water partition coefficient (Wildman–Crippen LogP) is 2.58. The number of anilines is 2. The molecule has 0 unspecified atom stereocenters. The summed E-state index contributed by atoms with van der Waals surface area (Å²) < 4.78 is 2.40. The van der Waals surface area contributed by atoms with Crippen molar-refractivity contribution < 1.29 is 4.79 Å². The third-order valence-electron chi connectivity index (χ3n) is 2.73. The molecule has 0 bridgehead atoms. The minimum Gasteiger partial charge on any atom is -0.399 e. The molecule has 2 rings (SSSR count). The summed E-state index contributed by atoms with van der Waals surface area (Å²) in [4.78, 5) is 12.2. The maximum atomic E-state index is 12.2. The number of rotatable bonds is 3. The van der Waals surface area contributed by atoms with Gasteiger partial charge in [0.1, 0.15) is 0 Å². The van der Waals surface area contributed by atoms with Crippen LogP contribution in [0.2, 0.25) is 0 Å². The summed E-state index contributed by atoms with van der Waals surface area (Å²) in [5, 5.41) is 7.10. The van der Waals surface area contributed by atoms with Crippen molar-refractivity contribution in [2.45, 2.75) is 13.3 Å². The number of halogens is 1. The zero-order valence-corrected chi connectivity index (χ0v) is 12.4. The lowest BCUT2D eigenvalue weighted by molar-refractivity contribution is 0.102. The van der Waals surface area contributed by atoms with Gasteiger partial charge in [0.2, 0.25) is 0 Å². The Bertz CT molecular complexity index is 621. The van der Waals surface area contributed by atoms with E-state index in [0.717, 1.165) is 10.2 Å². The van der Waals surface area contributed by atoms with Crippen LogP contribution < -0.4 is 11.1 Å². The van der Waals surface area contributed by atoms with E-state index in [1.807, 2.05) is 6.92 Å². The Labute approximate surface area is 119 Å². The van der Waals surface area contributed by atoms with Crippen molar-refractivity contribution in [3.05, 3.63) is 40.1 Å². The number of nitrogen functional groups attached to an aromatic ring is 1. The first kappa shape index (κ1) is 13.6. The highest BCUT2D eigenvalue weighted by Gasteiger charge is 2.15. The quantitative estimate of drug-likeness (QED) is 0.853. The standard InChI is InChI=1S/C13H15BrN4O/c1-3-11-9(7-18(2)17-11)13(19)16-12-5-4-8(15)6-10(12)14/h4-7H,3,15H2,1-2H3,(H,16,19). The van der Waals surface area contributed by atoms with Gasteiger partial charge in [-0.05, 0) is 40.5 Å². The predicted molar refractivity (Wildman–Crippen MR) is 79.1 cm³/mol. The first-order chi connectivity index (χ1) is 9.01. The smallest absolute Gasteiger partial charge is 0.259 e. The molecule has 3 N–H and O–H groups in total. The molecule has 0 radical (unpaired) electrons. The van der Waals surface area contributed by atoms with Crippen LogP contribution in [0.15, 0.2) is 28.9 Å². The third kappa shape index (κ3) is 2.96. The number of benzene rings is 1. The van der Waals surface area contributed by atoms with Gasteiger partial charge in [0.15, 0.2) is 0 Å². The number of aromatic nitrogens is 2. The van der Waals surface area contributed by atoms with Gasteiger partial charge < -0.3 is 11.1 Å². The van der Waals surface area contributed by atoms with Crippen molar-refractivity contribution in [2.24, 2.45) is 7.05 Å². The molecule has 0 aliphatic heterocycles. The second-order valence-electron chi connectivity index (χ2n) is 4.21. The second kappa shape index (κ2) is 5.44. The molecule has 1 amide bonds. The van der Waals surface area contributed by atoms with Crippen LogP contribution in [0, 0.1) is 0 Å². The number of nitrogens with two attached hydrogens (primary N) is 1. The third-order valence-corrected chi connectivity index (χ3v) is 3.38. The van der Waals surface area contributed by atoms with E-state index >= 15 is 0 Å². The van der Waals surface area contributed by atoms with Crippen LogP contribution in [0.3, 0.4) is 0 Å². The number of hydrogen-bond donors (Lipinski definition) is 2. The molecule has 5 nitrogen and oxygen atoms in total. The summed E-state index contributed by atoms with van der Waals surface area (Å²) in [5.74, 6) is -0.171. The van der Waals surface area contributed by atoms with Gasteiger partial charge >= 0.3 is 0 Å². The van der Waals surface area contributed by atoms with Crippen LogP contribution in [-0.4, -0.2) is 15.7 Å². The summed E-state index contributed by atoms with van der Waals surface area (Å²) in [6, 6.07) is 5.25. The van der Waals surface area contributed by atoms with Crippen LogP contribution in [0.25, 0.3) is 0 Å². The summed E-state index contributed by atoms with van der Waals surface area (Å²) in [5.41, 5.74) is 8.36. The van der Waals surface area contributed by atoms with E-state index in [0.29, 0.717) is 23.4 Å². The Hall–Kier alpha value is -1.82. The van der Waals surface area contributed by atoms with E-state index in [-0.39, 0.29) is 5.91 Å². The minimum absolute atomic E-state index is 0.171. The van der Waals surface area contributed by atoms with Gasteiger partial charge in [0, 0.05) is 23.4 Å². The highest BCUT2D eigenvalue weighted by atomic mass is 79.9. The monoisotopic (exact) mass is 322 g/mol. The van der Waals surface area contributed by atoms with Gasteiger partial charge in [-0.15, -0.1) is 0 Å². The van der Waals surface area contributed by atoms with Crippen LogP contribution in [0.1, 0.15) is 23.0 Å². The average Bonchev–Trinajstić information content (AvgIpc) is 2.74. The van der Waals surface area contributed by atoms with Gasteiger partial charge in [-0.2, -0.15) is 5.10 Å². The number of nitrogens with one attached hydrogen (secondary N) is 1. The van der Waals surface area contributed by atoms with E-state index in [1.165, 1.54) is 0 Å². The van der Waals surface area contributed by atoms with Crippen LogP contribution in [0.4, 0.5) is 11.4 Å². The van der Waals surface area contributed by atoms with E-state index < -0.39 is 0 Å². The van der Waals surface area contributed by atoms with E-state index in [1.54, 1.807) is 36.1 Å². The fraction of sp³-hybridized carbons (Fsp3) is 0.231. The zero-order chi connectivity index (χ0) is 14.0. The van der Waals surface area contributed by atoms with Gasteiger partial charge in [-0.1, -0.05) is 6.92 Å². The lowest BCUT2D eigenvalue weighted by Crippen LogP contribution is -2.13. The molecular weight excluding hydrogens is 308 g/mol. The Balaban J connectivity index is 2.25. The van der Waals surface area contributed by atoms with Crippen LogP contribution in [-0.2, 0) is 13.5 Å². The molecule has 0 atom stereocenters. The highest BCUT2D eigenvalue weighted by Crippen LogP contribution is 2.25. The molecule has 19 heavy (non-hydrogen) atoms. The van der Waals surface area contributed by atoms with Crippen molar-refractivity contribution in [3.63, 3.8) is 0 Å². The SMILES string of the molecule is CCc1nn(C)cc1C(=O)Nc1ccc(N)cc1Br. The van der Waals surface area contributed by atoms with Gasteiger partial charge in [0.05, 0.1) is 16.9 Å². The molecule has 2 aromatic rings. The molecule has 0 aliphatic rings. The molecule has 100 valence electrons. The summed E-state index contributed by atoms with van der Waals surface area (Å²) >= 11 is 3.37. The van der Waals surface area contributed by atoms with Gasteiger partial charge in [-0.25, -0.2) is 0 Å². The lowest BCUT2D eigenvalue weighted by atomic mass is 10.2. The largest absolute Gasteiger partial charge is 0.399 e. The number of aryl methyl sites for hydroxylation is 2. The number of hydrogen-bond acceptors (Lipinski definition) is 3. The van der Waals surface area contributed by atoms with E-state index in [9.17, 15) is 4.79 Å². The molecule has 0 fully saturated rings. The summed E-state index contributed by atoms with van der Waals surface area (Å²) in [6.45, 7) is 1.97. The molecule has 1 heterocycles. The summed E-state index contributed by atoms with van der Waals surface area (Å²) in [7, 11) is 1.80. The summed E-state index contributed by atoms with van der Waals surface area (Å²) in [6.07, 6.45) is 2.44. The number of carbonyl (C=O) groups is 1. The van der Waals surface area contributed by atoms with Gasteiger partial charge in [-0.3, -0.25) is 9.48 Å². The van der Waals surface area contributed by atoms with Crippen LogP contribution >= 0.6 is 15.9 Å². The average molecular weight is 323 g/mol. The Morgan fingerprint density at radius 1 is 1.53 bits per heavy atom. The van der Waals surface area contributed by atoms with Crippen molar-refractivity contribution in [2.75, 3.05) is 11.1 Å². The van der Waals surface area contributed by atoms with Crippen molar-refractivity contribution in [3.8, 4) is 0 Å². The molecular formula is C13H15BrN4O. The highest BCUT2D eigenvalue weighted by molar-refractivity contribution is 9.10. The lowest BCUT2D eigenvalue weighted by Gasteiger charge is -2.07. The topological polar surface area (TPSA) is 72.9 Å². The van der Waals surface area contributed by atoms with Crippen molar-refractivity contribution in [1.82, 2.24) is 9.78 Å². The second-order valence-corrected chi connectivity index (χ2v) is 5.06. The maximum absolute atomic E-state index is 12.2. The molecule has 1 aromatic heterocycles. The fourth-order valence-corrected chi connectivity index (χ4v) is 2.30. The normalized spacial score (nSPS) is 10.5. The first-order valence-electron chi connectivity index (χ1n) is 5.90. The Kier molecular flexibility index (Phi) is 3.90. The van der Waals surface area contributed by atoms with Crippen LogP contribution in [0.5, 0.6) is 0 Å². The molecule has 0 saturated heterocycles. The minimum atomic E-state index is -0.171. The van der Waals surface area contributed by atoms with Gasteiger partial charge in [0.25, 0.3) is 5.91 Å². The fourth-order valence-electron chi connectivity index (χ4n) is 1.81. The Morgan fingerprint density at radius 2 is 2.26 bits per heavy atom. The number of nitrogens with zero attached hydrogens (tertiary/aromatic N) is 2. The molecule has 6 heteroatoms. The molecule has 0 spiro atoms.